The van der Waals surface area contributed by atoms with Gasteiger partial charge in [-0.1, -0.05) is 13.8 Å². The van der Waals surface area contributed by atoms with E-state index in [-0.39, 0.29) is 12.0 Å². The molecule has 1 N–H and O–H groups in total. The van der Waals surface area contributed by atoms with Crippen LogP contribution < -0.4 is 5.32 Å². The molecule has 0 saturated heterocycles. The van der Waals surface area contributed by atoms with Gasteiger partial charge in [-0.15, -0.1) is 0 Å². The first-order chi connectivity index (χ1) is 9.21. The van der Waals surface area contributed by atoms with Crippen molar-refractivity contribution in [1.29, 1.82) is 0 Å². The van der Waals surface area contributed by atoms with Crippen molar-refractivity contribution in [3.8, 4) is 0 Å². The summed E-state index contributed by atoms with van der Waals surface area (Å²) in [5.41, 5.74) is -0.636. The predicted molar refractivity (Wildman–Crippen MR) is 84.9 cm³/mol. The Hall–Kier alpha value is -0.610. The van der Waals surface area contributed by atoms with E-state index in [1.807, 2.05) is 6.92 Å². The molecule has 0 aromatic heterocycles. The number of nitrogens with zero attached hydrogens (tertiary/aromatic N) is 1. The summed E-state index contributed by atoms with van der Waals surface area (Å²) in [5, 5.41) is 3.37. The normalized spacial score (nSPS) is 17.9. The van der Waals surface area contributed by atoms with Crippen molar-refractivity contribution in [3.05, 3.63) is 0 Å². The fourth-order valence-corrected chi connectivity index (χ4v) is 3.06. The fraction of sp³-hybridized carbons (Fsp3) is 0.938. The van der Waals surface area contributed by atoms with Crippen LogP contribution in [0.4, 0.5) is 0 Å². The molecule has 4 heteroatoms. The highest BCUT2D eigenvalue weighted by Crippen LogP contribution is 2.21. The predicted octanol–water partition coefficient (Wildman–Crippen LogP) is 2.82. The van der Waals surface area contributed by atoms with Gasteiger partial charge in [0.2, 0.25) is 0 Å². The van der Waals surface area contributed by atoms with E-state index in [9.17, 15) is 4.79 Å². The van der Waals surface area contributed by atoms with E-state index in [0.717, 1.165) is 19.4 Å². The number of ether oxygens (including phenoxy) is 1. The summed E-state index contributed by atoms with van der Waals surface area (Å²) in [6, 6.07) is 1.09. The molecule has 0 aromatic carbocycles. The lowest BCUT2D eigenvalue weighted by molar-refractivity contribution is -0.149. The van der Waals surface area contributed by atoms with Crippen LogP contribution in [0.1, 0.15) is 61.3 Å². The Labute approximate surface area is 125 Å². The Bertz CT molecular complexity index is 294. The third kappa shape index (κ3) is 5.41. The van der Waals surface area contributed by atoms with Gasteiger partial charge in [0.1, 0.15) is 5.54 Å². The number of rotatable bonds is 9. The van der Waals surface area contributed by atoms with Crippen LogP contribution in [0.3, 0.4) is 0 Å². The van der Waals surface area contributed by atoms with Crippen molar-refractivity contribution < 1.29 is 9.53 Å². The molecule has 0 bridgehead atoms. The van der Waals surface area contributed by atoms with E-state index in [2.05, 4.69) is 51.8 Å². The summed E-state index contributed by atoms with van der Waals surface area (Å²) in [6.45, 7) is 15.9. The number of carbonyl (C=O) groups is 1. The highest BCUT2D eigenvalue weighted by Gasteiger charge is 2.37. The Morgan fingerprint density at radius 3 is 2.10 bits per heavy atom. The van der Waals surface area contributed by atoms with Gasteiger partial charge in [-0.05, 0) is 54.0 Å². The number of carbonyl (C=O) groups excluding carboxylic acids is 1. The largest absolute Gasteiger partial charge is 0.468 e. The second-order valence-electron chi connectivity index (χ2n) is 6.26. The van der Waals surface area contributed by atoms with E-state index in [1.54, 1.807) is 0 Å². The smallest absolute Gasteiger partial charge is 0.325 e. The molecule has 0 aliphatic carbocycles. The summed E-state index contributed by atoms with van der Waals surface area (Å²) >= 11 is 0. The highest BCUT2D eigenvalue weighted by molar-refractivity contribution is 5.80. The number of esters is 1. The standard InChI is InChI=1S/C16H34N2O2/c1-9-13(5)18(10-2)14(6)11-16(7,15(19)20-8)17-12(3)4/h12-14,17H,9-11H2,1-8H3. The van der Waals surface area contributed by atoms with Crippen LogP contribution in [0.5, 0.6) is 0 Å². The van der Waals surface area contributed by atoms with Gasteiger partial charge in [-0.3, -0.25) is 15.0 Å². The van der Waals surface area contributed by atoms with Crippen LogP contribution in [0.15, 0.2) is 0 Å². The molecule has 0 aromatic rings. The topological polar surface area (TPSA) is 41.6 Å². The lowest BCUT2D eigenvalue weighted by Gasteiger charge is -2.39. The average Bonchev–Trinajstić information content (AvgIpc) is 2.36. The second-order valence-corrected chi connectivity index (χ2v) is 6.26. The van der Waals surface area contributed by atoms with Crippen LogP contribution in [0.2, 0.25) is 0 Å². The van der Waals surface area contributed by atoms with Crippen LogP contribution in [0, 0.1) is 0 Å². The van der Waals surface area contributed by atoms with E-state index in [0.29, 0.717) is 12.1 Å². The van der Waals surface area contributed by atoms with Gasteiger partial charge < -0.3 is 4.74 Å². The molecule has 3 unspecified atom stereocenters. The number of nitrogens with one attached hydrogen (secondary N) is 1. The molecule has 4 nitrogen and oxygen atoms in total. The van der Waals surface area contributed by atoms with Gasteiger partial charge in [0.25, 0.3) is 0 Å². The zero-order valence-electron chi connectivity index (χ0n) is 14.6. The maximum Gasteiger partial charge on any atom is 0.325 e. The van der Waals surface area contributed by atoms with E-state index in [1.165, 1.54) is 7.11 Å². The first kappa shape index (κ1) is 19.4. The molecule has 0 radical (unpaired) electrons. The van der Waals surface area contributed by atoms with Crippen LogP contribution >= 0.6 is 0 Å². The summed E-state index contributed by atoms with van der Waals surface area (Å²) in [4.78, 5) is 14.6. The van der Waals surface area contributed by atoms with E-state index < -0.39 is 5.54 Å². The van der Waals surface area contributed by atoms with Crippen LogP contribution in [-0.2, 0) is 9.53 Å². The summed E-state index contributed by atoms with van der Waals surface area (Å²) < 4.78 is 5.00. The van der Waals surface area contributed by atoms with E-state index >= 15 is 0 Å². The average molecular weight is 286 g/mol. The van der Waals surface area contributed by atoms with Crippen molar-refractivity contribution in [1.82, 2.24) is 10.2 Å². The monoisotopic (exact) mass is 286 g/mol. The molecule has 0 saturated carbocycles. The first-order valence-electron chi connectivity index (χ1n) is 7.83. The van der Waals surface area contributed by atoms with Crippen molar-refractivity contribution in [2.45, 2.75) is 85.0 Å². The number of hydrogen-bond acceptors (Lipinski definition) is 4. The zero-order valence-corrected chi connectivity index (χ0v) is 14.6. The third-order valence-corrected chi connectivity index (χ3v) is 4.04. The molecule has 0 heterocycles. The molecule has 0 rings (SSSR count). The molecule has 120 valence electrons. The van der Waals surface area contributed by atoms with Gasteiger partial charge in [-0.2, -0.15) is 0 Å². The molecule has 0 aliphatic rings. The second kappa shape index (κ2) is 8.63. The zero-order chi connectivity index (χ0) is 15.9. The highest BCUT2D eigenvalue weighted by atomic mass is 16.5. The minimum Gasteiger partial charge on any atom is -0.468 e. The van der Waals surface area contributed by atoms with Crippen molar-refractivity contribution >= 4 is 5.97 Å². The molecular weight excluding hydrogens is 252 g/mol. The maximum absolute atomic E-state index is 12.2. The van der Waals surface area contributed by atoms with E-state index in [4.69, 9.17) is 4.74 Å². The van der Waals surface area contributed by atoms with Crippen molar-refractivity contribution in [2.24, 2.45) is 0 Å². The minimum absolute atomic E-state index is 0.182. The molecule has 3 atom stereocenters. The van der Waals surface area contributed by atoms with Gasteiger partial charge in [-0.25, -0.2) is 0 Å². The molecule has 0 aliphatic heterocycles. The molecule has 0 fully saturated rings. The van der Waals surface area contributed by atoms with Gasteiger partial charge >= 0.3 is 5.97 Å². The van der Waals surface area contributed by atoms with Gasteiger partial charge in [0, 0.05) is 18.1 Å². The first-order valence-corrected chi connectivity index (χ1v) is 7.83. The Morgan fingerprint density at radius 1 is 1.20 bits per heavy atom. The Kier molecular flexibility index (Phi) is 8.36. The van der Waals surface area contributed by atoms with Crippen LogP contribution in [-0.4, -0.2) is 48.2 Å². The van der Waals surface area contributed by atoms with Crippen molar-refractivity contribution in [2.75, 3.05) is 13.7 Å². The Balaban J connectivity index is 5.00. The summed E-state index contributed by atoms with van der Waals surface area (Å²) in [7, 11) is 1.46. The fourth-order valence-electron chi connectivity index (χ4n) is 3.06. The molecular formula is C16H34N2O2. The van der Waals surface area contributed by atoms with Gasteiger partial charge in [0.05, 0.1) is 7.11 Å². The third-order valence-electron chi connectivity index (χ3n) is 4.04. The number of hydrogen-bond donors (Lipinski definition) is 1. The summed E-state index contributed by atoms with van der Waals surface area (Å²) in [6.07, 6.45) is 1.86. The quantitative estimate of drug-likeness (QED) is 0.662. The van der Waals surface area contributed by atoms with Crippen molar-refractivity contribution in [3.63, 3.8) is 0 Å². The van der Waals surface area contributed by atoms with Crippen LogP contribution in [0.25, 0.3) is 0 Å². The lowest BCUT2D eigenvalue weighted by atomic mass is 9.91. The SMILES string of the molecule is CCC(C)N(CC)C(C)CC(C)(NC(C)C)C(=O)OC. The maximum atomic E-state index is 12.2. The molecule has 0 amide bonds. The number of methoxy groups -OCH3 is 1. The molecule has 0 spiro atoms. The molecule has 20 heavy (non-hydrogen) atoms. The van der Waals surface area contributed by atoms with Gasteiger partial charge in [0.15, 0.2) is 0 Å². The lowest BCUT2D eigenvalue weighted by Crippen LogP contribution is -2.56. The summed E-state index contributed by atoms with van der Waals surface area (Å²) in [5.74, 6) is -0.182. The minimum atomic E-state index is -0.636. The Morgan fingerprint density at radius 2 is 1.75 bits per heavy atom.